The Morgan fingerprint density at radius 2 is 1.68 bits per heavy atom. The van der Waals surface area contributed by atoms with E-state index in [0.717, 1.165) is 9.13 Å². The lowest BCUT2D eigenvalue weighted by atomic mass is 9.98. The molecule has 1 N–H and O–H groups in total. The normalized spacial score (nSPS) is 12.5. The van der Waals surface area contributed by atoms with E-state index in [4.69, 9.17) is 0 Å². The third-order valence-electron chi connectivity index (χ3n) is 2.80. The zero-order valence-corrected chi connectivity index (χ0v) is 12.2. The van der Waals surface area contributed by atoms with Crippen molar-refractivity contribution in [2.24, 2.45) is 0 Å². The van der Waals surface area contributed by atoms with Crippen LogP contribution in [0.1, 0.15) is 17.2 Å². The van der Waals surface area contributed by atoms with Crippen molar-refractivity contribution in [2.75, 3.05) is 7.05 Å². The molecule has 0 aliphatic rings. The predicted octanol–water partition coefficient (Wildman–Crippen LogP) is 4.02. The van der Waals surface area contributed by atoms with Crippen LogP contribution in [0.15, 0.2) is 36.4 Å². The van der Waals surface area contributed by atoms with E-state index in [0.29, 0.717) is 12.1 Å². The lowest BCUT2D eigenvalue weighted by Crippen LogP contribution is -2.20. The van der Waals surface area contributed by atoms with Gasteiger partial charge in [0.05, 0.1) is 6.04 Å². The molecule has 19 heavy (non-hydrogen) atoms. The Labute approximate surface area is 123 Å². The van der Waals surface area contributed by atoms with Gasteiger partial charge in [0.15, 0.2) is 0 Å². The largest absolute Gasteiger partial charge is 0.309 e. The highest BCUT2D eigenvalue weighted by molar-refractivity contribution is 14.1. The first-order valence-corrected chi connectivity index (χ1v) is 6.68. The Morgan fingerprint density at radius 1 is 1.05 bits per heavy atom. The van der Waals surface area contributed by atoms with Gasteiger partial charge in [-0.2, -0.15) is 0 Å². The molecule has 0 saturated carbocycles. The first kappa shape index (κ1) is 14.3. The molecule has 5 heteroatoms. The molecule has 1 nitrogen and oxygen atoms in total. The summed E-state index contributed by atoms with van der Waals surface area (Å²) in [5.41, 5.74) is 0.546. The highest BCUT2D eigenvalue weighted by Gasteiger charge is 2.21. The molecule has 2 aromatic rings. The second kappa shape index (κ2) is 5.92. The van der Waals surface area contributed by atoms with Gasteiger partial charge in [0.2, 0.25) is 0 Å². The molecule has 0 spiro atoms. The van der Waals surface area contributed by atoms with Gasteiger partial charge in [-0.1, -0.05) is 12.1 Å². The van der Waals surface area contributed by atoms with Crippen LogP contribution in [0.5, 0.6) is 0 Å². The van der Waals surface area contributed by atoms with E-state index >= 15 is 0 Å². The number of hydrogen-bond donors (Lipinski definition) is 1. The molecule has 0 radical (unpaired) electrons. The van der Waals surface area contributed by atoms with Crippen LogP contribution in [0.25, 0.3) is 0 Å². The molecule has 2 aromatic carbocycles. The Kier molecular flexibility index (Phi) is 4.46. The highest BCUT2D eigenvalue weighted by Crippen LogP contribution is 2.28. The van der Waals surface area contributed by atoms with Crippen LogP contribution < -0.4 is 5.32 Å². The van der Waals surface area contributed by atoms with Gasteiger partial charge in [-0.3, -0.25) is 0 Å². The molecule has 0 saturated heterocycles. The Bertz CT molecular complexity index is 578. The van der Waals surface area contributed by atoms with E-state index in [1.54, 1.807) is 19.2 Å². The molecular weight excluding hydrogens is 366 g/mol. The van der Waals surface area contributed by atoms with Crippen molar-refractivity contribution >= 4 is 22.6 Å². The van der Waals surface area contributed by atoms with Crippen LogP contribution in [-0.4, -0.2) is 7.05 Å². The molecule has 0 amide bonds. The third kappa shape index (κ3) is 3.09. The molecule has 100 valence electrons. The number of rotatable bonds is 3. The number of hydrogen-bond acceptors (Lipinski definition) is 1. The van der Waals surface area contributed by atoms with Crippen LogP contribution in [0.2, 0.25) is 0 Å². The van der Waals surface area contributed by atoms with Crippen molar-refractivity contribution in [3.05, 3.63) is 68.5 Å². The fraction of sp³-hybridized carbons (Fsp3) is 0.143. The topological polar surface area (TPSA) is 12.0 Å². The maximum Gasteiger partial charge on any atom is 0.134 e. The van der Waals surface area contributed by atoms with Crippen LogP contribution in [0.4, 0.5) is 13.2 Å². The van der Waals surface area contributed by atoms with Gasteiger partial charge < -0.3 is 5.32 Å². The minimum Gasteiger partial charge on any atom is -0.309 e. The highest BCUT2D eigenvalue weighted by atomic mass is 127. The monoisotopic (exact) mass is 377 g/mol. The summed E-state index contributed by atoms with van der Waals surface area (Å²) in [6.07, 6.45) is 0. The molecule has 2 rings (SSSR count). The summed E-state index contributed by atoms with van der Waals surface area (Å²) in [6.45, 7) is 0. The molecule has 0 heterocycles. The van der Waals surface area contributed by atoms with Gasteiger partial charge in [0.25, 0.3) is 0 Å². The second-order valence-electron chi connectivity index (χ2n) is 4.06. The summed E-state index contributed by atoms with van der Waals surface area (Å²) in [6, 6.07) is 8.01. The summed E-state index contributed by atoms with van der Waals surface area (Å²) in [5.74, 6) is -2.71. The van der Waals surface area contributed by atoms with Crippen LogP contribution in [-0.2, 0) is 0 Å². The minimum absolute atomic E-state index is 0.175. The molecule has 0 aromatic heterocycles. The Morgan fingerprint density at radius 3 is 2.21 bits per heavy atom. The van der Waals surface area contributed by atoms with Crippen molar-refractivity contribution in [1.82, 2.24) is 5.32 Å². The number of benzene rings is 2. The van der Waals surface area contributed by atoms with E-state index in [9.17, 15) is 13.2 Å². The van der Waals surface area contributed by atoms with Crippen LogP contribution >= 0.6 is 22.6 Å². The maximum atomic E-state index is 13.8. The Balaban J connectivity index is 2.54. The van der Waals surface area contributed by atoms with E-state index in [-0.39, 0.29) is 5.56 Å². The van der Waals surface area contributed by atoms with Gasteiger partial charge in [-0.25, -0.2) is 13.2 Å². The zero-order chi connectivity index (χ0) is 14.0. The molecule has 1 unspecified atom stereocenters. The average Bonchev–Trinajstić information content (AvgIpc) is 2.33. The standard InChI is InChI=1S/C14H11F3IN/c1-19-14(8-3-2-4-10(18)5-8)13-11(16)6-9(15)7-12(13)17/h2-7,14,19H,1H3. The van der Waals surface area contributed by atoms with Crippen LogP contribution in [0.3, 0.4) is 0 Å². The molecular formula is C14H11F3IN. The summed E-state index contributed by atoms with van der Waals surface area (Å²) in [5, 5.41) is 2.86. The van der Waals surface area contributed by atoms with E-state index < -0.39 is 23.5 Å². The molecule has 0 aliphatic heterocycles. The Hall–Kier alpha value is -1.08. The second-order valence-corrected chi connectivity index (χ2v) is 5.31. The van der Waals surface area contributed by atoms with Crippen LogP contribution in [0, 0.1) is 21.0 Å². The third-order valence-corrected chi connectivity index (χ3v) is 3.47. The number of nitrogens with one attached hydrogen (secondary N) is 1. The van der Waals surface area contributed by atoms with Gasteiger partial charge >= 0.3 is 0 Å². The van der Waals surface area contributed by atoms with Crippen molar-refractivity contribution in [1.29, 1.82) is 0 Å². The lowest BCUT2D eigenvalue weighted by Gasteiger charge is -2.19. The van der Waals surface area contributed by atoms with Gasteiger partial charge in [0.1, 0.15) is 17.5 Å². The summed E-state index contributed by atoms with van der Waals surface area (Å²) < 4.78 is 41.5. The average molecular weight is 377 g/mol. The van der Waals surface area contributed by atoms with Gasteiger partial charge in [0, 0.05) is 21.3 Å². The van der Waals surface area contributed by atoms with Gasteiger partial charge in [-0.15, -0.1) is 0 Å². The SMILES string of the molecule is CNC(c1cccc(I)c1)c1c(F)cc(F)cc1F. The lowest BCUT2D eigenvalue weighted by molar-refractivity contribution is 0.500. The van der Waals surface area contributed by atoms with E-state index in [1.807, 2.05) is 12.1 Å². The van der Waals surface area contributed by atoms with E-state index in [1.165, 1.54) is 0 Å². The molecule has 0 fully saturated rings. The fourth-order valence-corrected chi connectivity index (χ4v) is 2.56. The van der Waals surface area contributed by atoms with Crippen molar-refractivity contribution in [2.45, 2.75) is 6.04 Å². The molecule has 1 atom stereocenters. The molecule has 0 aliphatic carbocycles. The quantitative estimate of drug-likeness (QED) is 0.797. The smallest absolute Gasteiger partial charge is 0.134 e. The predicted molar refractivity (Wildman–Crippen MR) is 76.4 cm³/mol. The number of halogens is 4. The van der Waals surface area contributed by atoms with E-state index in [2.05, 4.69) is 27.9 Å². The van der Waals surface area contributed by atoms with Gasteiger partial charge in [-0.05, 0) is 47.3 Å². The van der Waals surface area contributed by atoms with Crippen molar-refractivity contribution in [3.8, 4) is 0 Å². The summed E-state index contributed by atoms with van der Waals surface area (Å²) >= 11 is 2.12. The first-order valence-electron chi connectivity index (χ1n) is 5.60. The zero-order valence-electron chi connectivity index (χ0n) is 10.1. The maximum absolute atomic E-state index is 13.8. The summed E-state index contributed by atoms with van der Waals surface area (Å²) in [7, 11) is 1.60. The summed E-state index contributed by atoms with van der Waals surface area (Å²) in [4.78, 5) is 0. The van der Waals surface area contributed by atoms with Crippen molar-refractivity contribution < 1.29 is 13.2 Å². The molecule has 0 bridgehead atoms. The van der Waals surface area contributed by atoms with Crippen molar-refractivity contribution in [3.63, 3.8) is 0 Å². The fourth-order valence-electron chi connectivity index (χ4n) is 1.99. The minimum atomic E-state index is -0.920. The first-order chi connectivity index (χ1) is 9.02.